The number of carbonyl (C=O) groups excluding carboxylic acids is 1. The van der Waals surface area contributed by atoms with Gasteiger partial charge in [-0.3, -0.25) is 4.79 Å². The third-order valence-electron chi connectivity index (χ3n) is 3.62. The van der Waals surface area contributed by atoms with Crippen LogP contribution in [0.25, 0.3) is 5.69 Å². The van der Waals surface area contributed by atoms with Crippen molar-refractivity contribution in [3.8, 4) is 5.69 Å². The highest BCUT2D eigenvalue weighted by Crippen LogP contribution is 2.17. The van der Waals surface area contributed by atoms with Gasteiger partial charge in [-0.1, -0.05) is 0 Å². The molecule has 0 spiro atoms. The van der Waals surface area contributed by atoms with Crippen molar-refractivity contribution in [3.63, 3.8) is 0 Å². The Morgan fingerprint density at radius 3 is 2.70 bits per heavy atom. The SMILES string of the molecule is Cc1cc(C)n(-c2ccc(C(=O)NC(C)CCCO)cc2F)n1. The molecule has 0 fully saturated rings. The molecule has 0 aliphatic rings. The minimum atomic E-state index is -0.494. The molecule has 0 saturated heterocycles. The van der Waals surface area contributed by atoms with E-state index < -0.39 is 5.82 Å². The van der Waals surface area contributed by atoms with Gasteiger partial charge in [0.2, 0.25) is 0 Å². The van der Waals surface area contributed by atoms with Gasteiger partial charge in [0.05, 0.1) is 5.69 Å². The Morgan fingerprint density at radius 2 is 2.13 bits per heavy atom. The molecule has 6 heteroatoms. The smallest absolute Gasteiger partial charge is 0.251 e. The van der Waals surface area contributed by atoms with E-state index in [2.05, 4.69) is 10.4 Å². The molecule has 0 bridgehead atoms. The average molecular weight is 319 g/mol. The maximum Gasteiger partial charge on any atom is 0.251 e. The Balaban J connectivity index is 2.16. The van der Waals surface area contributed by atoms with Gasteiger partial charge in [-0.15, -0.1) is 0 Å². The molecule has 1 atom stereocenters. The van der Waals surface area contributed by atoms with Crippen molar-refractivity contribution in [1.82, 2.24) is 15.1 Å². The van der Waals surface area contributed by atoms with E-state index in [0.717, 1.165) is 11.4 Å². The van der Waals surface area contributed by atoms with Crippen LogP contribution in [0.3, 0.4) is 0 Å². The Kier molecular flexibility index (Phi) is 5.50. The van der Waals surface area contributed by atoms with Crippen LogP contribution < -0.4 is 5.32 Å². The third kappa shape index (κ3) is 4.16. The van der Waals surface area contributed by atoms with E-state index >= 15 is 0 Å². The summed E-state index contributed by atoms with van der Waals surface area (Å²) >= 11 is 0. The number of aromatic nitrogens is 2. The van der Waals surface area contributed by atoms with Crippen LogP contribution in [0, 0.1) is 19.7 Å². The molecule has 124 valence electrons. The lowest BCUT2D eigenvalue weighted by atomic mass is 10.1. The first-order valence-electron chi connectivity index (χ1n) is 7.67. The lowest BCUT2D eigenvalue weighted by Gasteiger charge is -2.14. The number of amides is 1. The van der Waals surface area contributed by atoms with Crippen molar-refractivity contribution < 1.29 is 14.3 Å². The largest absolute Gasteiger partial charge is 0.396 e. The Hall–Kier alpha value is -2.21. The molecule has 5 nitrogen and oxygen atoms in total. The molecule has 0 radical (unpaired) electrons. The van der Waals surface area contributed by atoms with E-state index in [0.29, 0.717) is 18.5 Å². The highest BCUT2D eigenvalue weighted by atomic mass is 19.1. The second-order valence-electron chi connectivity index (χ2n) is 5.75. The van der Waals surface area contributed by atoms with Gasteiger partial charge >= 0.3 is 0 Å². The Morgan fingerprint density at radius 1 is 1.39 bits per heavy atom. The van der Waals surface area contributed by atoms with Crippen molar-refractivity contribution in [1.29, 1.82) is 0 Å². The molecule has 1 aromatic carbocycles. The van der Waals surface area contributed by atoms with Crippen LogP contribution in [0.4, 0.5) is 4.39 Å². The average Bonchev–Trinajstić information content (AvgIpc) is 2.83. The number of aliphatic hydroxyl groups excluding tert-OH is 1. The van der Waals surface area contributed by atoms with Gasteiger partial charge in [-0.25, -0.2) is 9.07 Å². The monoisotopic (exact) mass is 319 g/mol. The van der Waals surface area contributed by atoms with Crippen LogP contribution in [0.15, 0.2) is 24.3 Å². The molecule has 23 heavy (non-hydrogen) atoms. The highest BCUT2D eigenvalue weighted by molar-refractivity contribution is 5.94. The summed E-state index contributed by atoms with van der Waals surface area (Å²) in [5.41, 5.74) is 2.22. The van der Waals surface area contributed by atoms with E-state index in [4.69, 9.17) is 5.11 Å². The van der Waals surface area contributed by atoms with Crippen molar-refractivity contribution in [2.75, 3.05) is 6.61 Å². The van der Waals surface area contributed by atoms with Gasteiger partial charge in [-0.05, 0) is 57.9 Å². The van der Waals surface area contributed by atoms with Crippen molar-refractivity contribution in [2.45, 2.75) is 39.7 Å². The number of aliphatic hydroxyl groups is 1. The van der Waals surface area contributed by atoms with Gasteiger partial charge in [0.25, 0.3) is 5.91 Å². The topological polar surface area (TPSA) is 67.2 Å². The summed E-state index contributed by atoms with van der Waals surface area (Å²) in [6.07, 6.45) is 1.29. The zero-order chi connectivity index (χ0) is 17.0. The number of nitrogens with one attached hydrogen (secondary N) is 1. The van der Waals surface area contributed by atoms with E-state index in [1.165, 1.54) is 10.7 Å². The molecule has 1 aromatic heterocycles. The fraction of sp³-hybridized carbons (Fsp3) is 0.412. The maximum absolute atomic E-state index is 14.4. The predicted molar refractivity (Wildman–Crippen MR) is 86.2 cm³/mol. The van der Waals surface area contributed by atoms with E-state index in [9.17, 15) is 9.18 Å². The fourth-order valence-corrected chi connectivity index (χ4v) is 2.47. The zero-order valence-corrected chi connectivity index (χ0v) is 13.6. The second-order valence-corrected chi connectivity index (χ2v) is 5.75. The highest BCUT2D eigenvalue weighted by Gasteiger charge is 2.14. The maximum atomic E-state index is 14.4. The first-order chi connectivity index (χ1) is 10.9. The number of nitrogens with zero attached hydrogens (tertiary/aromatic N) is 2. The minimum Gasteiger partial charge on any atom is -0.396 e. The molecule has 2 aromatic rings. The van der Waals surface area contributed by atoms with E-state index in [1.807, 2.05) is 26.8 Å². The molecule has 0 aliphatic carbocycles. The van der Waals surface area contributed by atoms with Crippen molar-refractivity contribution in [2.24, 2.45) is 0 Å². The third-order valence-corrected chi connectivity index (χ3v) is 3.62. The molecule has 1 amide bonds. The number of hydrogen-bond acceptors (Lipinski definition) is 3. The van der Waals surface area contributed by atoms with Gasteiger partial charge < -0.3 is 10.4 Å². The molecule has 1 unspecified atom stereocenters. The first kappa shape index (κ1) is 17.1. The summed E-state index contributed by atoms with van der Waals surface area (Å²) in [4.78, 5) is 12.1. The Bertz CT molecular complexity index is 697. The van der Waals surface area contributed by atoms with E-state index in [1.54, 1.807) is 12.1 Å². The lowest BCUT2D eigenvalue weighted by Crippen LogP contribution is -2.32. The molecular weight excluding hydrogens is 297 g/mol. The Labute approximate surface area is 135 Å². The second kappa shape index (κ2) is 7.37. The summed E-state index contributed by atoms with van der Waals surface area (Å²) in [5.74, 6) is -0.818. The summed E-state index contributed by atoms with van der Waals surface area (Å²) in [6.45, 7) is 5.64. The number of benzene rings is 1. The molecule has 0 saturated carbocycles. The first-order valence-corrected chi connectivity index (χ1v) is 7.67. The number of hydrogen-bond donors (Lipinski definition) is 2. The van der Waals surface area contributed by atoms with Crippen LogP contribution in [0.1, 0.15) is 41.5 Å². The van der Waals surface area contributed by atoms with Crippen LogP contribution in [-0.4, -0.2) is 33.4 Å². The molecule has 0 aliphatic heterocycles. The number of halogens is 1. The standard InChI is InChI=1S/C17H22FN3O2/c1-11(5-4-8-22)19-17(23)14-6-7-16(15(18)10-14)21-13(3)9-12(2)20-21/h6-7,9-11,22H,4-5,8H2,1-3H3,(H,19,23). The number of aryl methyl sites for hydroxylation is 2. The summed E-state index contributed by atoms with van der Waals surface area (Å²) in [7, 11) is 0. The number of carbonyl (C=O) groups is 1. The van der Waals surface area contributed by atoms with E-state index in [-0.39, 0.29) is 24.1 Å². The van der Waals surface area contributed by atoms with Crippen LogP contribution >= 0.6 is 0 Å². The van der Waals surface area contributed by atoms with Gasteiger partial charge in [0.1, 0.15) is 11.5 Å². The molecule has 1 heterocycles. The van der Waals surface area contributed by atoms with Crippen LogP contribution in [0.2, 0.25) is 0 Å². The van der Waals surface area contributed by atoms with Crippen LogP contribution in [0.5, 0.6) is 0 Å². The van der Waals surface area contributed by atoms with Gasteiger partial charge in [0.15, 0.2) is 0 Å². The summed E-state index contributed by atoms with van der Waals surface area (Å²) in [6, 6.07) is 6.15. The lowest BCUT2D eigenvalue weighted by molar-refractivity contribution is 0.0936. The molecule has 2 rings (SSSR count). The quantitative estimate of drug-likeness (QED) is 0.860. The minimum absolute atomic E-state index is 0.0756. The van der Waals surface area contributed by atoms with Crippen molar-refractivity contribution >= 4 is 5.91 Å². The van der Waals surface area contributed by atoms with Crippen molar-refractivity contribution in [3.05, 3.63) is 47.0 Å². The predicted octanol–water partition coefficient (Wildman–Crippen LogP) is 2.52. The van der Waals surface area contributed by atoms with Crippen LogP contribution in [-0.2, 0) is 0 Å². The molecule has 2 N–H and O–H groups in total. The normalized spacial score (nSPS) is 12.2. The molecular formula is C17H22FN3O2. The van der Waals surface area contributed by atoms with Gasteiger partial charge in [0, 0.05) is 23.9 Å². The van der Waals surface area contributed by atoms with Gasteiger partial charge in [-0.2, -0.15) is 5.10 Å². The fourth-order valence-electron chi connectivity index (χ4n) is 2.47. The summed E-state index contributed by atoms with van der Waals surface area (Å²) in [5, 5.41) is 15.8. The zero-order valence-electron chi connectivity index (χ0n) is 13.6. The number of rotatable bonds is 6. The summed E-state index contributed by atoms with van der Waals surface area (Å²) < 4.78 is 15.9.